The van der Waals surface area contributed by atoms with Crippen molar-refractivity contribution >= 4 is 45.0 Å². The second kappa shape index (κ2) is 13.0. The highest BCUT2D eigenvalue weighted by molar-refractivity contribution is 6.32. The molecule has 7 nitrogen and oxygen atoms in total. The molecule has 4 aromatic rings. The summed E-state index contributed by atoms with van der Waals surface area (Å²) < 4.78 is 8.70. The molecule has 0 bridgehead atoms. The van der Waals surface area contributed by atoms with Crippen molar-refractivity contribution in [3.63, 3.8) is 0 Å². The molecule has 0 radical (unpaired) electrons. The van der Waals surface area contributed by atoms with Crippen molar-refractivity contribution in [1.29, 1.82) is 0 Å². The number of likely N-dealkylation sites (tertiary alicyclic amines) is 1. The van der Waals surface area contributed by atoms with Gasteiger partial charge in [-0.05, 0) is 101 Å². The molecular formula is C36H46ClN5O2. The van der Waals surface area contributed by atoms with Crippen molar-refractivity contribution in [2.75, 3.05) is 39.5 Å². The maximum Gasteiger partial charge on any atom is 0.251 e. The van der Waals surface area contributed by atoms with Gasteiger partial charge in [-0.2, -0.15) is 0 Å². The number of anilines is 1. The number of benzene rings is 3. The van der Waals surface area contributed by atoms with Crippen molar-refractivity contribution in [3.05, 3.63) is 70.7 Å². The molecule has 2 heterocycles. The minimum absolute atomic E-state index is 0.0341. The zero-order valence-electron chi connectivity index (χ0n) is 26.4. The van der Waals surface area contributed by atoms with Crippen LogP contribution in [0.4, 0.5) is 5.69 Å². The van der Waals surface area contributed by atoms with E-state index in [9.17, 15) is 4.79 Å². The number of nitrogens with zero attached hydrogens (tertiary/aromatic N) is 3. The van der Waals surface area contributed by atoms with Crippen molar-refractivity contribution in [3.8, 4) is 5.75 Å². The summed E-state index contributed by atoms with van der Waals surface area (Å²) in [6.45, 7) is 6.58. The number of piperidine rings is 1. The quantitative estimate of drug-likeness (QED) is 0.197. The van der Waals surface area contributed by atoms with Gasteiger partial charge >= 0.3 is 0 Å². The van der Waals surface area contributed by atoms with Gasteiger partial charge in [-0.15, -0.1) is 0 Å². The number of rotatable bonds is 9. The summed E-state index contributed by atoms with van der Waals surface area (Å²) in [6, 6.07) is 18.5. The van der Waals surface area contributed by atoms with E-state index in [0.717, 1.165) is 57.5 Å². The molecule has 0 unspecified atom stereocenters. The Morgan fingerprint density at radius 1 is 1.00 bits per heavy atom. The Hall–Kier alpha value is -3.26. The molecule has 2 fully saturated rings. The highest BCUT2D eigenvalue weighted by atomic mass is 35.5. The van der Waals surface area contributed by atoms with Crippen molar-refractivity contribution in [2.24, 2.45) is 0 Å². The number of halogens is 1. The summed E-state index contributed by atoms with van der Waals surface area (Å²) in [6.07, 6.45) is 7.88. The van der Waals surface area contributed by atoms with Crippen molar-refractivity contribution in [2.45, 2.75) is 76.6 Å². The average Bonchev–Trinajstić information content (AvgIpc) is 3.34. The molecule has 0 atom stereocenters. The number of ether oxygens (including phenoxy) is 1. The van der Waals surface area contributed by atoms with Gasteiger partial charge in [0.1, 0.15) is 11.9 Å². The van der Waals surface area contributed by atoms with E-state index >= 15 is 0 Å². The van der Waals surface area contributed by atoms with E-state index < -0.39 is 0 Å². The number of aryl methyl sites for hydroxylation is 1. The average molecular weight is 616 g/mol. The summed E-state index contributed by atoms with van der Waals surface area (Å²) in [5, 5.41) is 6.15. The Morgan fingerprint density at radius 2 is 1.70 bits per heavy atom. The monoisotopic (exact) mass is 615 g/mol. The van der Waals surface area contributed by atoms with Crippen LogP contribution in [-0.2, 0) is 13.1 Å². The summed E-state index contributed by atoms with van der Waals surface area (Å²) in [5.74, 6) is 0.565. The third-order valence-corrected chi connectivity index (χ3v) is 10.3. The molecule has 6 rings (SSSR count). The molecule has 0 spiro atoms. The molecule has 1 aromatic heterocycles. The van der Waals surface area contributed by atoms with Crippen LogP contribution in [0.25, 0.3) is 21.8 Å². The van der Waals surface area contributed by atoms with Crippen LogP contribution in [0.15, 0.2) is 54.6 Å². The van der Waals surface area contributed by atoms with E-state index in [1.165, 1.54) is 46.6 Å². The first kappa shape index (κ1) is 30.8. The fourth-order valence-electron chi connectivity index (χ4n) is 7.31. The van der Waals surface area contributed by atoms with Gasteiger partial charge in [0.25, 0.3) is 5.91 Å². The van der Waals surface area contributed by atoms with Crippen LogP contribution in [0.5, 0.6) is 5.75 Å². The van der Waals surface area contributed by atoms with Crippen LogP contribution in [0, 0.1) is 0 Å². The first-order valence-electron chi connectivity index (χ1n) is 16.2. The van der Waals surface area contributed by atoms with Crippen LogP contribution >= 0.6 is 11.6 Å². The summed E-state index contributed by atoms with van der Waals surface area (Å²) in [5.41, 5.74) is 11.3. The molecule has 234 valence electrons. The molecule has 3 N–H and O–H groups in total. The lowest BCUT2D eigenvalue weighted by Crippen LogP contribution is -2.53. The topological polar surface area (TPSA) is 75.8 Å². The van der Waals surface area contributed by atoms with E-state index in [0.29, 0.717) is 22.9 Å². The maximum atomic E-state index is 13.0. The zero-order chi connectivity index (χ0) is 30.8. The Labute approximate surface area is 266 Å². The number of nitrogens with one attached hydrogen (secondary N) is 1. The predicted molar refractivity (Wildman–Crippen MR) is 182 cm³/mol. The number of aromatic nitrogens is 1. The lowest BCUT2D eigenvalue weighted by molar-refractivity contribution is 0.0799. The number of amides is 1. The third-order valence-electron chi connectivity index (χ3n) is 10.0. The van der Waals surface area contributed by atoms with Gasteiger partial charge in [0.05, 0.1) is 5.02 Å². The normalized spacial score (nSPS) is 17.8. The van der Waals surface area contributed by atoms with Crippen LogP contribution < -0.4 is 15.8 Å². The molecule has 2 aliphatic rings. The number of hydrogen-bond donors (Lipinski definition) is 2. The van der Waals surface area contributed by atoms with E-state index in [-0.39, 0.29) is 17.6 Å². The Morgan fingerprint density at radius 3 is 2.39 bits per heavy atom. The predicted octanol–water partition coefficient (Wildman–Crippen LogP) is 7.09. The van der Waals surface area contributed by atoms with E-state index in [1.54, 1.807) is 6.07 Å². The first-order valence-corrected chi connectivity index (χ1v) is 16.6. The minimum atomic E-state index is -0.0838. The van der Waals surface area contributed by atoms with Crippen LogP contribution in [0.3, 0.4) is 0 Å². The zero-order valence-corrected chi connectivity index (χ0v) is 27.1. The van der Waals surface area contributed by atoms with Gasteiger partial charge in [-0.25, -0.2) is 0 Å². The molecule has 1 aliphatic carbocycles. The SMILES string of the molecule is CCn1c2ccc(N)cc2c2cc(CN3CCC(Oc4ccc(C(=O)NCC5(N(C)C)CCCCC5)cc4Cl)CC3)ccc21. The molecular weight excluding hydrogens is 570 g/mol. The number of carbonyl (C=O) groups is 1. The largest absolute Gasteiger partial charge is 0.489 e. The molecule has 1 aliphatic heterocycles. The van der Waals surface area contributed by atoms with Gasteiger partial charge in [-0.1, -0.05) is 36.9 Å². The van der Waals surface area contributed by atoms with E-state index in [4.69, 9.17) is 22.1 Å². The molecule has 1 saturated carbocycles. The van der Waals surface area contributed by atoms with Crippen molar-refractivity contribution < 1.29 is 9.53 Å². The lowest BCUT2D eigenvalue weighted by atomic mass is 9.80. The Balaban J connectivity index is 1.04. The Kier molecular flexibility index (Phi) is 9.08. The van der Waals surface area contributed by atoms with Gasteiger partial charge in [0.2, 0.25) is 0 Å². The highest BCUT2D eigenvalue weighted by Gasteiger charge is 2.34. The molecule has 1 saturated heterocycles. The van der Waals surface area contributed by atoms with Crippen molar-refractivity contribution in [1.82, 2.24) is 19.7 Å². The fraction of sp³-hybridized carbons (Fsp3) is 0.472. The lowest BCUT2D eigenvalue weighted by Gasteiger charge is -2.43. The van der Waals surface area contributed by atoms with Gasteiger partial charge < -0.3 is 25.3 Å². The van der Waals surface area contributed by atoms with Gasteiger partial charge in [0, 0.05) is 71.3 Å². The maximum absolute atomic E-state index is 13.0. The number of likely N-dealkylation sites (N-methyl/N-ethyl adjacent to an activating group) is 1. The Bertz CT molecular complexity index is 1630. The number of fused-ring (bicyclic) bond motifs is 3. The molecule has 44 heavy (non-hydrogen) atoms. The smallest absolute Gasteiger partial charge is 0.251 e. The summed E-state index contributed by atoms with van der Waals surface area (Å²) in [4.78, 5) is 17.8. The molecule has 3 aromatic carbocycles. The second-order valence-corrected chi connectivity index (χ2v) is 13.4. The number of nitrogens with two attached hydrogens (primary N) is 1. The van der Waals surface area contributed by atoms with Gasteiger partial charge in [0.15, 0.2) is 0 Å². The summed E-state index contributed by atoms with van der Waals surface area (Å²) in [7, 11) is 4.24. The summed E-state index contributed by atoms with van der Waals surface area (Å²) >= 11 is 6.63. The number of nitrogen functional groups attached to an aromatic ring is 1. The van der Waals surface area contributed by atoms with E-state index in [1.807, 2.05) is 18.2 Å². The number of hydrogen-bond acceptors (Lipinski definition) is 5. The standard InChI is InChI=1S/C36H46ClN5O2/c1-4-42-32-11-8-25(20-29(32)30-22-27(38)10-12-33(30)42)23-41-18-14-28(15-19-41)44-34-13-9-26(21-31(34)37)35(43)39-24-36(40(2)3)16-6-5-7-17-36/h8-13,20-22,28H,4-7,14-19,23-24,38H2,1-3H3,(H,39,43). The van der Waals surface area contributed by atoms with E-state index in [2.05, 4.69) is 71.0 Å². The third kappa shape index (κ3) is 6.28. The minimum Gasteiger partial charge on any atom is -0.489 e. The van der Waals surface area contributed by atoms with Crippen LogP contribution in [0.1, 0.15) is 67.8 Å². The highest BCUT2D eigenvalue weighted by Crippen LogP contribution is 2.34. The number of carbonyl (C=O) groups excluding carboxylic acids is 1. The first-order chi connectivity index (χ1) is 21.3. The van der Waals surface area contributed by atoms with Crippen LogP contribution in [0.2, 0.25) is 5.02 Å². The molecule has 1 amide bonds. The van der Waals surface area contributed by atoms with Crippen LogP contribution in [-0.4, -0.2) is 65.6 Å². The molecule has 8 heteroatoms. The van der Waals surface area contributed by atoms with Gasteiger partial charge in [-0.3, -0.25) is 9.69 Å². The second-order valence-electron chi connectivity index (χ2n) is 13.0. The fourth-order valence-corrected chi connectivity index (χ4v) is 7.53.